The van der Waals surface area contributed by atoms with E-state index in [-0.39, 0.29) is 11.4 Å². The van der Waals surface area contributed by atoms with Crippen molar-refractivity contribution in [2.75, 3.05) is 0 Å². The molecule has 0 aliphatic carbocycles. The van der Waals surface area contributed by atoms with Gasteiger partial charge in [-0.25, -0.2) is 14.3 Å². The Labute approximate surface area is 117 Å². The van der Waals surface area contributed by atoms with E-state index < -0.39 is 10.9 Å². The molecule has 0 aliphatic heterocycles. The second-order valence-electron chi connectivity index (χ2n) is 4.24. The molecule has 1 N–H and O–H groups in total. The number of benzene rings is 1. The number of carbonyl (C=O) groups is 1. The van der Waals surface area contributed by atoms with E-state index in [0.29, 0.717) is 16.9 Å². The molecule has 104 valence electrons. The second-order valence-corrected chi connectivity index (χ2v) is 4.24. The fraction of sp³-hybridized carbons (Fsp3) is 0. The van der Waals surface area contributed by atoms with Crippen LogP contribution in [0.5, 0.6) is 0 Å². The molecular weight excluding hydrogens is 276 g/mol. The molecule has 3 rings (SSSR count). The molecule has 1 aromatic carbocycles. The Morgan fingerprint density at radius 3 is 2.57 bits per heavy atom. The summed E-state index contributed by atoms with van der Waals surface area (Å²) in [6.45, 7) is 0. The third kappa shape index (κ3) is 2.18. The molecule has 0 spiro atoms. The number of fused-ring (bicyclic) bond motifs is 1. The van der Waals surface area contributed by atoms with E-state index in [1.54, 1.807) is 18.2 Å². The van der Waals surface area contributed by atoms with Crippen molar-refractivity contribution in [2.45, 2.75) is 0 Å². The van der Waals surface area contributed by atoms with Crippen LogP contribution in [0.15, 0.2) is 42.6 Å². The molecule has 0 unspecified atom stereocenters. The fourth-order valence-electron chi connectivity index (χ4n) is 1.97. The zero-order valence-electron chi connectivity index (χ0n) is 10.5. The second kappa shape index (κ2) is 4.67. The number of carboxylic acid groups (broad SMARTS) is 1. The summed E-state index contributed by atoms with van der Waals surface area (Å²) in [4.78, 5) is 25.2. The monoisotopic (exact) mass is 284 g/mol. The van der Waals surface area contributed by atoms with Gasteiger partial charge in [-0.15, -0.1) is 0 Å². The van der Waals surface area contributed by atoms with E-state index in [2.05, 4.69) is 10.1 Å². The van der Waals surface area contributed by atoms with Gasteiger partial charge in [0.25, 0.3) is 5.69 Å². The van der Waals surface area contributed by atoms with Crippen LogP contribution < -0.4 is 0 Å². The van der Waals surface area contributed by atoms with Gasteiger partial charge in [0.2, 0.25) is 0 Å². The Balaban J connectivity index is 2.15. The first-order valence-corrected chi connectivity index (χ1v) is 5.89. The van der Waals surface area contributed by atoms with Crippen LogP contribution in [0.4, 0.5) is 5.69 Å². The average Bonchev–Trinajstić information content (AvgIpc) is 2.91. The van der Waals surface area contributed by atoms with Crippen molar-refractivity contribution < 1.29 is 14.8 Å². The summed E-state index contributed by atoms with van der Waals surface area (Å²) in [5.41, 5.74) is 1.53. The lowest BCUT2D eigenvalue weighted by Gasteiger charge is -2.03. The maximum absolute atomic E-state index is 11.0. The number of nitrogens with zero attached hydrogens (tertiary/aromatic N) is 4. The number of hydrogen-bond acceptors (Lipinski definition) is 5. The van der Waals surface area contributed by atoms with Gasteiger partial charge in [-0.2, -0.15) is 5.10 Å². The van der Waals surface area contributed by atoms with Gasteiger partial charge in [0.1, 0.15) is 0 Å². The molecule has 0 amide bonds. The first kappa shape index (κ1) is 12.7. The Morgan fingerprint density at radius 2 is 1.95 bits per heavy atom. The number of nitro groups is 1. The zero-order chi connectivity index (χ0) is 15.0. The van der Waals surface area contributed by atoms with Crippen LogP contribution in [0.3, 0.4) is 0 Å². The van der Waals surface area contributed by atoms with Crippen molar-refractivity contribution in [2.24, 2.45) is 0 Å². The van der Waals surface area contributed by atoms with Gasteiger partial charge in [-0.3, -0.25) is 10.1 Å². The minimum atomic E-state index is -1.14. The van der Waals surface area contributed by atoms with E-state index in [9.17, 15) is 14.9 Å². The molecular formula is C13H8N4O4. The summed E-state index contributed by atoms with van der Waals surface area (Å²) in [5, 5.41) is 23.6. The van der Waals surface area contributed by atoms with Crippen LogP contribution in [0.2, 0.25) is 0 Å². The Morgan fingerprint density at radius 1 is 1.24 bits per heavy atom. The molecule has 0 aliphatic rings. The molecule has 2 heterocycles. The van der Waals surface area contributed by atoms with Crippen molar-refractivity contribution >= 4 is 17.3 Å². The topological polar surface area (TPSA) is 111 Å². The fourth-order valence-corrected chi connectivity index (χ4v) is 1.97. The maximum Gasteiger partial charge on any atom is 0.356 e. The van der Waals surface area contributed by atoms with Crippen molar-refractivity contribution in [3.8, 4) is 11.3 Å². The highest BCUT2D eigenvalue weighted by atomic mass is 16.6. The van der Waals surface area contributed by atoms with Crippen LogP contribution >= 0.6 is 0 Å². The third-order valence-electron chi connectivity index (χ3n) is 2.95. The van der Waals surface area contributed by atoms with Crippen LogP contribution in [0, 0.1) is 10.1 Å². The number of aromatic nitrogens is 3. The highest BCUT2D eigenvalue weighted by molar-refractivity contribution is 5.87. The van der Waals surface area contributed by atoms with E-state index in [1.165, 1.54) is 28.9 Å². The maximum atomic E-state index is 11.0. The van der Waals surface area contributed by atoms with Gasteiger partial charge < -0.3 is 5.11 Å². The van der Waals surface area contributed by atoms with Crippen LogP contribution in [-0.4, -0.2) is 30.6 Å². The van der Waals surface area contributed by atoms with Gasteiger partial charge in [0.05, 0.1) is 10.6 Å². The Hall–Kier alpha value is -3.29. The molecule has 0 radical (unpaired) electrons. The summed E-state index contributed by atoms with van der Waals surface area (Å²) < 4.78 is 1.39. The van der Waals surface area contributed by atoms with E-state index in [0.717, 1.165) is 0 Å². The number of aromatic carboxylic acids is 1. The number of hydrogen-bond donors (Lipinski definition) is 1. The molecule has 8 nitrogen and oxygen atoms in total. The van der Waals surface area contributed by atoms with Gasteiger partial charge >= 0.3 is 5.97 Å². The van der Waals surface area contributed by atoms with Crippen molar-refractivity contribution in [3.63, 3.8) is 0 Å². The van der Waals surface area contributed by atoms with Crippen molar-refractivity contribution in [1.82, 2.24) is 14.6 Å². The minimum absolute atomic E-state index is 0.0178. The van der Waals surface area contributed by atoms with E-state index in [1.807, 2.05) is 0 Å². The molecule has 3 aromatic rings. The Kier molecular flexibility index (Phi) is 2.83. The van der Waals surface area contributed by atoms with Crippen LogP contribution in [-0.2, 0) is 0 Å². The van der Waals surface area contributed by atoms with Crippen molar-refractivity contribution in [1.29, 1.82) is 0 Å². The first-order chi connectivity index (χ1) is 10.1. The standard InChI is InChI=1S/C13H8N4O4/c18-13(19)10-7-12-14-6-5-11(16(12)15-10)8-1-3-9(4-2-8)17(20)21/h1-7H,(H,18,19). The number of rotatable bonds is 3. The SMILES string of the molecule is O=C(O)c1cc2nccc(-c3ccc([N+](=O)[O-])cc3)n2n1. The molecule has 8 heteroatoms. The summed E-state index contributed by atoms with van der Waals surface area (Å²) in [7, 11) is 0. The number of non-ortho nitro benzene ring substituents is 1. The molecule has 0 saturated heterocycles. The van der Waals surface area contributed by atoms with Gasteiger partial charge in [-0.05, 0) is 18.2 Å². The predicted molar refractivity (Wildman–Crippen MR) is 72.0 cm³/mol. The smallest absolute Gasteiger partial charge is 0.356 e. The normalized spacial score (nSPS) is 10.7. The lowest BCUT2D eigenvalue weighted by Crippen LogP contribution is -1.99. The molecule has 0 saturated carbocycles. The minimum Gasteiger partial charge on any atom is -0.476 e. The van der Waals surface area contributed by atoms with Gasteiger partial charge in [-0.1, -0.05) is 0 Å². The van der Waals surface area contributed by atoms with E-state index >= 15 is 0 Å². The summed E-state index contributed by atoms with van der Waals surface area (Å²) in [6, 6.07) is 8.93. The van der Waals surface area contributed by atoms with Crippen molar-refractivity contribution in [3.05, 3.63) is 58.4 Å². The molecule has 21 heavy (non-hydrogen) atoms. The number of carboxylic acids is 1. The quantitative estimate of drug-likeness (QED) is 0.581. The first-order valence-electron chi connectivity index (χ1n) is 5.89. The molecule has 2 aromatic heterocycles. The summed E-state index contributed by atoms with van der Waals surface area (Å²) in [5.74, 6) is -1.14. The predicted octanol–water partition coefficient (Wildman–Crippen LogP) is 2.00. The van der Waals surface area contributed by atoms with Gasteiger partial charge in [0.15, 0.2) is 11.3 Å². The largest absolute Gasteiger partial charge is 0.476 e. The molecule has 0 bridgehead atoms. The lowest BCUT2D eigenvalue weighted by atomic mass is 10.1. The zero-order valence-corrected chi connectivity index (χ0v) is 10.5. The highest BCUT2D eigenvalue weighted by Crippen LogP contribution is 2.22. The molecule has 0 fully saturated rings. The van der Waals surface area contributed by atoms with Crippen LogP contribution in [0.25, 0.3) is 16.9 Å². The lowest BCUT2D eigenvalue weighted by molar-refractivity contribution is -0.384. The Bertz CT molecular complexity index is 854. The van der Waals surface area contributed by atoms with Crippen LogP contribution in [0.1, 0.15) is 10.5 Å². The summed E-state index contributed by atoms with van der Waals surface area (Å²) >= 11 is 0. The highest BCUT2D eigenvalue weighted by Gasteiger charge is 2.13. The molecule has 0 atom stereocenters. The summed E-state index contributed by atoms with van der Waals surface area (Å²) in [6.07, 6.45) is 1.53. The van der Waals surface area contributed by atoms with Gasteiger partial charge in [0, 0.05) is 30.0 Å². The van der Waals surface area contributed by atoms with E-state index in [4.69, 9.17) is 5.11 Å². The average molecular weight is 284 g/mol. The third-order valence-corrected chi connectivity index (χ3v) is 2.95. The number of nitro benzene ring substituents is 1.